The molecule has 1 aliphatic heterocycles. The molecule has 0 unspecified atom stereocenters. The van der Waals surface area contributed by atoms with E-state index in [0.717, 1.165) is 38.5 Å². The van der Waals surface area contributed by atoms with Crippen LogP contribution < -0.4 is 10.1 Å². The van der Waals surface area contributed by atoms with E-state index in [1.807, 2.05) is 6.92 Å². The Balaban J connectivity index is 2.26. The van der Waals surface area contributed by atoms with E-state index in [-0.39, 0.29) is 0 Å². The first-order chi connectivity index (χ1) is 8.80. The Morgan fingerprint density at radius 1 is 1.28 bits per heavy atom. The van der Waals surface area contributed by atoms with Crippen molar-refractivity contribution in [2.24, 2.45) is 0 Å². The standard InChI is InChI=1S/C15H24N2O/c1-4-17(5-2)15-11-16-10-12-9-13(18-6-3)7-8-14(12)15/h7-9,15-16H,4-6,10-11H2,1-3H3/t15-/m0/s1. The fourth-order valence-electron chi connectivity index (χ4n) is 2.76. The summed E-state index contributed by atoms with van der Waals surface area (Å²) in [7, 11) is 0. The second kappa shape index (κ2) is 6.21. The van der Waals surface area contributed by atoms with Crippen molar-refractivity contribution in [3.8, 4) is 5.75 Å². The van der Waals surface area contributed by atoms with Crippen molar-refractivity contribution in [2.45, 2.75) is 33.4 Å². The number of likely N-dealkylation sites (N-methyl/N-ethyl adjacent to an activating group) is 1. The van der Waals surface area contributed by atoms with E-state index in [2.05, 4.69) is 42.3 Å². The molecule has 1 heterocycles. The molecule has 0 spiro atoms. The zero-order valence-electron chi connectivity index (χ0n) is 11.7. The van der Waals surface area contributed by atoms with Crippen LogP contribution in [-0.4, -0.2) is 31.1 Å². The van der Waals surface area contributed by atoms with Gasteiger partial charge < -0.3 is 10.1 Å². The van der Waals surface area contributed by atoms with Crippen LogP contribution in [0.25, 0.3) is 0 Å². The Hall–Kier alpha value is -1.06. The van der Waals surface area contributed by atoms with Crippen LogP contribution in [0.4, 0.5) is 0 Å². The monoisotopic (exact) mass is 248 g/mol. The Morgan fingerprint density at radius 3 is 2.72 bits per heavy atom. The molecule has 0 saturated heterocycles. The molecular formula is C15H24N2O. The number of hydrogen-bond acceptors (Lipinski definition) is 3. The van der Waals surface area contributed by atoms with Crippen LogP contribution in [0.1, 0.15) is 37.9 Å². The van der Waals surface area contributed by atoms with Crippen LogP contribution in [0.5, 0.6) is 5.75 Å². The minimum atomic E-state index is 0.499. The third kappa shape index (κ3) is 2.68. The van der Waals surface area contributed by atoms with E-state index in [1.165, 1.54) is 11.1 Å². The van der Waals surface area contributed by atoms with Crippen molar-refractivity contribution in [1.82, 2.24) is 10.2 Å². The van der Waals surface area contributed by atoms with Gasteiger partial charge in [0.1, 0.15) is 5.75 Å². The van der Waals surface area contributed by atoms with Crippen LogP contribution in [0, 0.1) is 0 Å². The van der Waals surface area contributed by atoms with Gasteiger partial charge in [0.05, 0.1) is 6.61 Å². The molecule has 0 aliphatic carbocycles. The lowest BCUT2D eigenvalue weighted by Gasteiger charge is -2.35. The van der Waals surface area contributed by atoms with Gasteiger partial charge >= 0.3 is 0 Å². The second-order valence-electron chi connectivity index (χ2n) is 4.66. The molecule has 100 valence electrons. The lowest BCUT2D eigenvalue weighted by molar-refractivity contribution is 0.204. The van der Waals surface area contributed by atoms with Crippen LogP contribution in [0.15, 0.2) is 18.2 Å². The second-order valence-corrected chi connectivity index (χ2v) is 4.66. The Kier molecular flexibility index (Phi) is 4.61. The molecule has 0 aromatic heterocycles. The smallest absolute Gasteiger partial charge is 0.119 e. The highest BCUT2D eigenvalue weighted by Gasteiger charge is 2.24. The van der Waals surface area contributed by atoms with Gasteiger partial charge in [-0.1, -0.05) is 19.9 Å². The maximum absolute atomic E-state index is 5.58. The fraction of sp³-hybridized carbons (Fsp3) is 0.600. The summed E-state index contributed by atoms with van der Waals surface area (Å²) in [5.74, 6) is 0.984. The maximum atomic E-state index is 5.58. The Morgan fingerprint density at radius 2 is 2.06 bits per heavy atom. The van der Waals surface area contributed by atoms with Gasteiger partial charge in [-0.2, -0.15) is 0 Å². The van der Waals surface area contributed by atoms with Crippen molar-refractivity contribution in [2.75, 3.05) is 26.2 Å². The first kappa shape index (κ1) is 13.4. The summed E-state index contributed by atoms with van der Waals surface area (Å²) in [6.45, 7) is 11.4. The Bertz CT molecular complexity index is 388. The first-order valence-corrected chi connectivity index (χ1v) is 7.00. The van der Waals surface area contributed by atoms with Gasteiger partial charge in [0, 0.05) is 19.1 Å². The number of fused-ring (bicyclic) bond motifs is 1. The summed E-state index contributed by atoms with van der Waals surface area (Å²) < 4.78 is 5.58. The van der Waals surface area contributed by atoms with Gasteiger partial charge in [-0.15, -0.1) is 0 Å². The highest BCUT2D eigenvalue weighted by atomic mass is 16.5. The molecule has 1 aromatic carbocycles. The number of hydrogen-bond donors (Lipinski definition) is 1. The van der Waals surface area contributed by atoms with Gasteiger partial charge in [-0.25, -0.2) is 0 Å². The van der Waals surface area contributed by atoms with Crippen molar-refractivity contribution >= 4 is 0 Å². The van der Waals surface area contributed by atoms with Crippen molar-refractivity contribution < 1.29 is 4.74 Å². The molecule has 0 saturated carbocycles. The molecule has 1 aliphatic rings. The molecule has 2 rings (SSSR count). The van der Waals surface area contributed by atoms with Crippen molar-refractivity contribution in [1.29, 1.82) is 0 Å². The summed E-state index contributed by atoms with van der Waals surface area (Å²) >= 11 is 0. The third-order valence-corrected chi connectivity index (χ3v) is 3.69. The molecule has 1 N–H and O–H groups in total. The first-order valence-electron chi connectivity index (χ1n) is 7.00. The highest BCUT2D eigenvalue weighted by Crippen LogP contribution is 2.29. The normalized spacial score (nSPS) is 18.8. The molecule has 0 fully saturated rings. The Labute approximate surface area is 110 Å². The number of ether oxygens (including phenoxy) is 1. The highest BCUT2D eigenvalue weighted by molar-refractivity contribution is 5.39. The molecule has 3 heteroatoms. The van der Waals surface area contributed by atoms with Crippen LogP contribution in [0.3, 0.4) is 0 Å². The molecule has 0 bridgehead atoms. The van der Waals surface area contributed by atoms with E-state index < -0.39 is 0 Å². The number of benzene rings is 1. The molecule has 3 nitrogen and oxygen atoms in total. The number of rotatable bonds is 5. The molecule has 0 amide bonds. The molecule has 0 radical (unpaired) electrons. The van der Waals surface area contributed by atoms with E-state index in [9.17, 15) is 0 Å². The average molecular weight is 248 g/mol. The number of nitrogens with zero attached hydrogens (tertiary/aromatic N) is 1. The SMILES string of the molecule is CCOc1ccc2c(c1)CNC[C@@H]2N(CC)CC. The van der Waals surface area contributed by atoms with E-state index >= 15 is 0 Å². The maximum Gasteiger partial charge on any atom is 0.119 e. The van der Waals surface area contributed by atoms with Crippen LogP contribution in [0.2, 0.25) is 0 Å². The van der Waals surface area contributed by atoms with Crippen LogP contribution >= 0.6 is 0 Å². The van der Waals surface area contributed by atoms with Crippen molar-refractivity contribution in [3.63, 3.8) is 0 Å². The van der Waals surface area contributed by atoms with E-state index in [4.69, 9.17) is 4.74 Å². The van der Waals surface area contributed by atoms with Crippen molar-refractivity contribution in [3.05, 3.63) is 29.3 Å². The van der Waals surface area contributed by atoms with Gasteiger partial charge in [0.2, 0.25) is 0 Å². The molecular weight excluding hydrogens is 224 g/mol. The largest absolute Gasteiger partial charge is 0.494 e. The lowest BCUT2D eigenvalue weighted by Crippen LogP contribution is -2.39. The predicted octanol–water partition coefficient (Wildman–Crippen LogP) is 2.57. The molecule has 1 atom stereocenters. The van der Waals surface area contributed by atoms with Crippen LogP contribution in [-0.2, 0) is 6.54 Å². The zero-order chi connectivity index (χ0) is 13.0. The predicted molar refractivity (Wildman–Crippen MR) is 75.0 cm³/mol. The fourth-order valence-corrected chi connectivity index (χ4v) is 2.76. The summed E-state index contributed by atoms with van der Waals surface area (Å²) in [6.07, 6.45) is 0. The number of nitrogens with one attached hydrogen (secondary N) is 1. The van der Waals surface area contributed by atoms with Gasteiger partial charge in [0.15, 0.2) is 0 Å². The van der Waals surface area contributed by atoms with Gasteiger partial charge in [-0.3, -0.25) is 4.90 Å². The minimum absolute atomic E-state index is 0.499. The summed E-state index contributed by atoms with van der Waals surface area (Å²) in [5.41, 5.74) is 2.84. The quantitative estimate of drug-likeness (QED) is 0.866. The topological polar surface area (TPSA) is 24.5 Å². The summed E-state index contributed by atoms with van der Waals surface area (Å²) in [5, 5.41) is 3.51. The third-order valence-electron chi connectivity index (χ3n) is 3.69. The molecule has 18 heavy (non-hydrogen) atoms. The summed E-state index contributed by atoms with van der Waals surface area (Å²) in [6, 6.07) is 7.02. The minimum Gasteiger partial charge on any atom is -0.494 e. The average Bonchev–Trinajstić information content (AvgIpc) is 2.40. The van der Waals surface area contributed by atoms with E-state index in [1.54, 1.807) is 0 Å². The van der Waals surface area contributed by atoms with E-state index in [0.29, 0.717) is 6.04 Å². The lowest BCUT2D eigenvalue weighted by atomic mass is 9.95. The summed E-state index contributed by atoms with van der Waals surface area (Å²) in [4.78, 5) is 2.51. The van der Waals surface area contributed by atoms with Gasteiger partial charge in [0.25, 0.3) is 0 Å². The zero-order valence-corrected chi connectivity index (χ0v) is 11.7. The molecule has 1 aromatic rings. The van der Waals surface area contributed by atoms with Gasteiger partial charge in [-0.05, 0) is 43.3 Å².